The predicted octanol–water partition coefficient (Wildman–Crippen LogP) is 8.59. The molecule has 0 saturated heterocycles. The molecule has 0 bridgehead atoms. The summed E-state index contributed by atoms with van der Waals surface area (Å²) in [5.41, 5.74) is 1.48. The predicted molar refractivity (Wildman–Crippen MR) is 134 cm³/mol. The first-order valence-electron chi connectivity index (χ1n) is 13.4. The minimum Gasteiger partial charge on any atom is -0.250 e. The van der Waals surface area contributed by atoms with Crippen molar-refractivity contribution >= 4 is 0 Å². The fourth-order valence-electron chi connectivity index (χ4n) is 5.05. The smallest absolute Gasteiger partial charge is 0.241 e. The second-order valence-electron chi connectivity index (χ2n) is 9.54. The third-order valence-corrected chi connectivity index (χ3v) is 6.85. The largest absolute Gasteiger partial charge is 0.250 e. The Labute approximate surface area is 192 Å². The molecule has 2 heteroatoms. The minimum atomic E-state index is 0.606. The number of H-pyrrole nitrogens is 1. The molecule has 0 aliphatic rings. The van der Waals surface area contributed by atoms with Crippen LogP contribution in [0.15, 0.2) is 49.1 Å². The topological polar surface area (TPSA) is 19.7 Å². The van der Waals surface area contributed by atoms with Crippen molar-refractivity contribution in [3.63, 3.8) is 0 Å². The van der Waals surface area contributed by atoms with E-state index in [-0.39, 0.29) is 0 Å². The van der Waals surface area contributed by atoms with Crippen molar-refractivity contribution in [2.45, 2.75) is 123 Å². The Balaban J connectivity index is 1.70. The molecule has 0 amide bonds. The van der Waals surface area contributed by atoms with Crippen molar-refractivity contribution in [1.82, 2.24) is 4.98 Å². The third-order valence-electron chi connectivity index (χ3n) is 6.85. The number of nitrogens with one attached hydrogen (secondary N) is 1. The summed E-state index contributed by atoms with van der Waals surface area (Å²) in [5, 5.41) is 0. The van der Waals surface area contributed by atoms with Gasteiger partial charge in [-0.3, -0.25) is 4.98 Å². The van der Waals surface area contributed by atoms with Crippen LogP contribution in [0.5, 0.6) is 0 Å². The highest BCUT2D eigenvalue weighted by Crippen LogP contribution is 2.28. The Bertz CT molecular complexity index is 619. The lowest BCUT2D eigenvalue weighted by molar-refractivity contribution is -0.730. The van der Waals surface area contributed by atoms with Gasteiger partial charge >= 0.3 is 0 Å². The Morgan fingerprint density at radius 3 is 1.87 bits per heavy atom. The second-order valence-corrected chi connectivity index (χ2v) is 9.54. The van der Waals surface area contributed by atoms with Gasteiger partial charge in [0.25, 0.3) is 0 Å². The number of imidazole rings is 1. The number of aromatic nitrogens is 2. The molecular formula is C29H49N2+. The van der Waals surface area contributed by atoms with Gasteiger partial charge in [0.15, 0.2) is 0 Å². The van der Waals surface area contributed by atoms with Gasteiger partial charge in [-0.15, -0.1) is 0 Å². The fraction of sp³-hybridized carbons (Fsp3) is 0.690. The maximum Gasteiger partial charge on any atom is 0.241 e. The minimum absolute atomic E-state index is 0.606. The lowest BCUT2D eigenvalue weighted by Gasteiger charge is -2.25. The molecular weight excluding hydrogens is 376 g/mol. The summed E-state index contributed by atoms with van der Waals surface area (Å²) in [5.74, 6) is 0.709. The van der Waals surface area contributed by atoms with Gasteiger partial charge in [-0.25, -0.2) is 4.57 Å². The van der Waals surface area contributed by atoms with E-state index in [2.05, 4.69) is 72.5 Å². The molecule has 0 fully saturated rings. The molecule has 0 aliphatic heterocycles. The first kappa shape index (κ1) is 25.7. The van der Waals surface area contributed by atoms with Crippen LogP contribution in [-0.4, -0.2) is 4.98 Å². The fourth-order valence-corrected chi connectivity index (χ4v) is 5.05. The van der Waals surface area contributed by atoms with Crippen LogP contribution in [0.4, 0.5) is 0 Å². The highest BCUT2D eigenvalue weighted by Gasteiger charge is 2.26. The lowest BCUT2D eigenvalue weighted by Crippen LogP contribution is -2.42. The van der Waals surface area contributed by atoms with Gasteiger partial charge in [-0.1, -0.05) is 121 Å². The molecule has 1 aromatic heterocycles. The third kappa shape index (κ3) is 11.0. The molecule has 0 spiro atoms. The van der Waals surface area contributed by atoms with E-state index in [1.54, 1.807) is 0 Å². The number of rotatable bonds is 19. The number of aromatic amines is 1. The van der Waals surface area contributed by atoms with E-state index < -0.39 is 0 Å². The molecule has 1 heterocycles. The number of nitrogens with zero attached hydrogens (tertiary/aromatic N) is 1. The normalized spacial score (nSPS) is 13.4. The van der Waals surface area contributed by atoms with Crippen molar-refractivity contribution in [3.8, 4) is 0 Å². The molecule has 0 aliphatic carbocycles. The van der Waals surface area contributed by atoms with Gasteiger partial charge in [-0.05, 0) is 31.2 Å². The monoisotopic (exact) mass is 425 g/mol. The van der Waals surface area contributed by atoms with Gasteiger partial charge in [0.1, 0.15) is 18.4 Å². The lowest BCUT2D eigenvalue weighted by atomic mass is 9.85. The summed E-state index contributed by atoms with van der Waals surface area (Å²) >= 11 is 0. The highest BCUT2D eigenvalue weighted by atomic mass is 15.1. The quantitative estimate of drug-likeness (QED) is 0.172. The summed E-state index contributed by atoms with van der Waals surface area (Å²) in [6.45, 7) is 4.63. The molecule has 2 aromatic rings. The Hall–Kier alpha value is -1.57. The van der Waals surface area contributed by atoms with Crippen LogP contribution in [0.2, 0.25) is 0 Å². The summed E-state index contributed by atoms with van der Waals surface area (Å²) < 4.78 is 2.45. The molecule has 174 valence electrons. The second kappa shape index (κ2) is 17.0. The van der Waals surface area contributed by atoms with E-state index in [9.17, 15) is 0 Å². The van der Waals surface area contributed by atoms with E-state index in [0.717, 1.165) is 0 Å². The number of hydrogen-bond donors (Lipinski definition) is 1. The first-order chi connectivity index (χ1) is 15.3. The van der Waals surface area contributed by atoms with Crippen molar-refractivity contribution in [2.24, 2.45) is 5.92 Å². The molecule has 2 rings (SSSR count). The van der Waals surface area contributed by atoms with Crippen molar-refractivity contribution in [2.75, 3.05) is 0 Å². The maximum absolute atomic E-state index is 3.28. The first-order valence-corrected chi connectivity index (χ1v) is 13.4. The van der Waals surface area contributed by atoms with E-state index in [4.69, 9.17) is 0 Å². The number of unbranched alkanes of at least 4 members (excludes halogenated alkanes) is 11. The summed E-state index contributed by atoms with van der Waals surface area (Å²) in [7, 11) is 0. The van der Waals surface area contributed by atoms with Crippen LogP contribution < -0.4 is 4.57 Å². The molecule has 0 radical (unpaired) electrons. The maximum atomic E-state index is 3.28. The van der Waals surface area contributed by atoms with E-state index in [1.807, 2.05) is 0 Å². The van der Waals surface area contributed by atoms with Crippen molar-refractivity contribution < 1.29 is 4.57 Å². The zero-order valence-electron chi connectivity index (χ0n) is 20.5. The zero-order chi connectivity index (χ0) is 22.0. The summed E-state index contributed by atoms with van der Waals surface area (Å²) in [6.07, 6.45) is 28.6. The molecule has 31 heavy (non-hydrogen) atoms. The van der Waals surface area contributed by atoms with Gasteiger partial charge in [0.05, 0.1) is 0 Å². The number of benzene rings is 1. The summed E-state index contributed by atoms with van der Waals surface area (Å²) in [6, 6.07) is 11.7. The standard InChI is InChI=1S/C29H48N2/c1-3-5-6-7-8-9-10-11-12-13-14-18-22-29(31-24-23-30-26-31)28(19-4-2)25-27-20-16-15-17-21-27/h15-17,20-21,23-24,26,28-29H,3-14,18-19,22,25H2,1-2H3/p+1. The highest BCUT2D eigenvalue weighted by molar-refractivity contribution is 5.15. The molecule has 1 N–H and O–H groups in total. The van der Waals surface area contributed by atoms with Gasteiger partial charge in [0.2, 0.25) is 6.33 Å². The van der Waals surface area contributed by atoms with Gasteiger partial charge < -0.3 is 0 Å². The number of hydrogen-bond acceptors (Lipinski definition) is 0. The Morgan fingerprint density at radius 1 is 0.710 bits per heavy atom. The van der Waals surface area contributed by atoms with Crippen molar-refractivity contribution in [1.29, 1.82) is 0 Å². The molecule has 2 nitrogen and oxygen atoms in total. The van der Waals surface area contributed by atoms with E-state index in [0.29, 0.717) is 12.0 Å². The summed E-state index contributed by atoms with van der Waals surface area (Å²) in [4.78, 5) is 3.28. The SMILES string of the molecule is CCCCCCCCCCCCCCC(C(CCC)Cc1ccccc1)[n+]1cc[nH]c1. The van der Waals surface area contributed by atoms with Crippen LogP contribution in [0.1, 0.15) is 122 Å². The van der Waals surface area contributed by atoms with Crippen LogP contribution in [0.3, 0.4) is 0 Å². The van der Waals surface area contributed by atoms with E-state index in [1.165, 1.54) is 108 Å². The van der Waals surface area contributed by atoms with Crippen LogP contribution >= 0.6 is 0 Å². The average Bonchev–Trinajstić information content (AvgIpc) is 3.32. The zero-order valence-corrected chi connectivity index (χ0v) is 20.5. The Kier molecular flexibility index (Phi) is 14.1. The van der Waals surface area contributed by atoms with Gasteiger partial charge in [0, 0.05) is 5.92 Å². The molecule has 2 unspecified atom stereocenters. The average molecular weight is 426 g/mol. The molecule has 1 aromatic carbocycles. The van der Waals surface area contributed by atoms with Gasteiger partial charge in [-0.2, -0.15) is 0 Å². The Morgan fingerprint density at radius 2 is 1.32 bits per heavy atom. The van der Waals surface area contributed by atoms with Crippen molar-refractivity contribution in [3.05, 3.63) is 54.6 Å². The van der Waals surface area contributed by atoms with Crippen LogP contribution in [0, 0.1) is 5.92 Å². The van der Waals surface area contributed by atoms with Crippen LogP contribution in [0.25, 0.3) is 0 Å². The van der Waals surface area contributed by atoms with E-state index >= 15 is 0 Å². The van der Waals surface area contributed by atoms with Crippen LogP contribution in [-0.2, 0) is 6.42 Å². The molecule has 0 saturated carbocycles. The molecule has 2 atom stereocenters.